The molecule has 13 nitrogen and oxygen atoms in total. The lowest BCUT2D eigenvalue weighted by atomic mass is 9.66. The third-order valence-electron chi connectivity index (χ3n) is 14.5. The summed E-state index contributed by atoms with van der Waals surface area (Å²) in [6.07, 6.45) is 12.9. The highest BCUT2D eigenvalue weighted by molar-refractivity contribution is 8.13. The number of ether oxygens (including phenoxy) is 2. The van der Waals surface area contributed by atoms with E-state index in [4.69, 9.17) is 21.1 Å². The van der Waals surface area contributed by atoms with Gasteiger partial charge in [0.05, 0.1) is 27.6 Å². The van der Waals surface area contributed by atoms with E-state index in [2.05, 4.69) is 54.3 Å². The summed E-state index contributed by atoms with van der Waals surface area (Å²) in [5.41, 5.74) is 4.51. The van der Waals surface area contributed by atoms with Gasteiger partial charge >= 0.3 is 0 Å². The van der Waals surface area contributed by atoms with Gasteiger partial charge in [-0.1, -0.05) is 79.9 Å². The number of fused-ring (bicyclic) bond motifs is 1. The molecule has 2 unspecified atom stereocenters. The molecule has 70 heavy (non-hydrogen) atoms. The van der Waals surface area contributed by atoms with Gasteiger partial charge < -0.3 is 29.6 Å². The highest BCUT2D eigenvalue weighted by atomic mass is 35.5. The number of carbonyl (C=O) groups excluding carboxylic acids is 2. The molecule has 2 atom stereocenters. The molecule has 0 bridgehead atoms. The predicted molar refractivity (Wildman–Crippen MR) is 276 cm³/mol. The van der Waals surface area contributed by atoms with Crippen LogP contribution in [0.5, 0.6) is 17.2 Å². The van der Waals surface area contributed by atoms with Crippen molar-refractivity contribution in [2.75, 3.05) is 36.1 Å². The number of nitroso groups, excluding NO2 is 1. The number of benzene rings is 5. The van der Waals surface area contributed by atoms with Crippen LogP contribution in [0, 0.1) is 22.2 Å². The smallest absolute Gasteiger partial charge is 0.272 e. The molecule has 2 aliphatic carbocycles. The summed E-state index contributed by atoms with van der Waals surface area (Å²) >= 11 is 6.37. The van der Waals surface area contributed by atoms with E-state index < -0.39 is 15.4 Å². The van der Waals surface area contributed by atoms with Gasteiger partial charge in [0.1, 0.15) is 29.5 Å². The molecule has 1 aromatic heterocycles. The normalized spacial score (nSPS) is 19.7. The number of rotatable bonds is 15. The summed E-state index contributed by atoms with van der Waals surface area (Å²) in [4.78, 5) is 47.9. The van der Waals surface area contributed by atoms with Gasteiger partial charge in [-0.25, -0.2) is 0 Å². The van der Waals surface area contributed by atoms with Crippen LogP contribution < -0.4 is 24.4 Å². The van der Waals surface area contributed by atoms with Crippen molar-refractivity contribution in [3.63, 3.8) is 0 Å². The molecule has 10 rings (SSSR count). The molecule has 0 radical (unpaired) electrons. The first-order valence-corrected chi connectivity index (χ1v) is 26.7. The van der Waals surface area contributed by atoms with Crippen molar-refractivity contribution < 1.29 is 27.8 Å². The zero-order valence-corrected chi connectivity index (χ0v) is 40.8. The monoisotopic (exact) mass is 980 g/mol. The van der Waals surface area contributed by atoms with Crippen molar-refractivity contribution >= 4 is 60.9 Å². The number of allylic oxidation sites excluding steroid dienone is 3. The fourth-order valence-electron chi connectivity index (χ4n) is 10.6. The lowest BCUT2D eigenvalue weighted by Gasteiger charge is -2.56. The van der Waals surface area contributed by atoms with Crippen LogP contribution in [-0.4, -0.2) is 56.3 Å². The molecule has 5 aromatic carbocycles. The third-order valence-corrected chi connectivity index (χ3v) is 17.0. The van der Waals surface area contributed by atoms with Crippen LogP contribution in [0.3, 0.4) is 0 Å². The Morgan fingerprint density at radius 3 is 2.51 bits per heavy atom. The number of nitrogens with zero attached hydrogens (tertiary/aromatic N) is 3. The number of aromatic nitrogens is 1. The maximum atomic E-state index is 14.5. The van der Waals surface area contributed by atoms with E-state index in [1.165, 1.54) is 18.2 Å². The minimum absolute atomic E-state index is 0.00663. The number of halogens is 1. The van der Waals surface area contributed by atoms with Crippen molar-refractivity contribution in [1.82, 2.24) is 14.6 Å². The molecule has 1 saturated carbocycles. The number of amides is 2. The average Bonchev–Trinajstić information content (AvgIpc) is 4.07. The van der Waals surface area contributed by atoms with Gasteiger partial charge in [-0.15, -0.1) is 14.4 Å². The fraction of sp³-hybridized carbons (Fsp3) is 0.309. The molecule has 1 spiro atoms. The summed E-state index contributed by atoms with van der Waals surface area (Å²) in [6, 6.07) is 35.1. The number of hydrogen-bond donors (Lipinski definition) is 4. The topological polar surface area (TPSA) is 166 Å². The predicted octanol–water partition coefficient (Wildman–Crippen LogP) is 12.4. The quantitative estimate of drug-likeness (QED) is 0.0579. The van der Waals surface area contributed by atoms with Gasteiger partial charge in [0.15, 0.2) is 0 Å². The molecule has 3 heterocycles. The molecule has 3 fully saturated rings. The minimum atomic E-state index is -5.16. The van der Waals surface area contributed by atoms with E-state index in [0.717, 1.165) is 78.2 Å². The van der Waals surface area contributed by atoms with Crippen molar-refractivity contribution in [2.45, 2.75) is 69.4 Å². The molecular formula is C55H57ClN6O7S. The molecule has 4 aliphatic rings. The first kappa shape index (κ1) is 47.0. The Morgan fingerprint density at radius 1 is 0.943 bits per heavy atom. The van der Waals surface area contributed by atoms with Crippen LogP contribution >= 0.6 is 11.6 Å². The number of nitrogens with one attached hydrogen (secondary N) is 3. The standard InChI is InChI=1S/C55H57ClN6O7S/c1-36-13-14-41(31-47(36)56)58-49-20-17-45(33-50(49)59-65)70(2,66,67)60-53(63)46-18-15-42(32-51(46)69-44-16-19-48-39(29-44)21-26-57-48)61-27-22-37(23-28-61)34-62-52(55(54(62)64)24-6-7-25-55)40-11-8-12-43(30-40)68-35-38-9-4-3-5-10-38/h3-5,8-12,14-21,26,29-33,36-37,52,57-58H,6-7,13,22-25,27-28,34-35H2,1-2H3,(H2,60,63,66,67). The number of anilines is 2. The molecule has 2 saturated heterocycles. The van der Waals surface area contributed by atoms with Crippen LogP contribution in [-0.2, 0) is 20.9 Å². The summed E-state index contributed by atoms with van der Waals surface area (Å²) < 4.78 is 41.4. The second-order valence-electron chi connectivity index (χ2n) is 19.4. The molecule has 362 valence electrons. The molecule has 2 amide bonds. The summed E-state index contributed by atoms with van der Waals surface area (Å²) in [5, 5.41) is 7.84. The number of H-pyrrole nitrogens is 1. The van der Waals surface area contributed by atoms with Gasteiger partial charge in [-0.2, -0.15) is 4.21 Å². The Bertz CT molecular complexity index is 3110. The van der Waals surface area contributed by atoms with Crippen LogP contribution in [0.1, 0.15) is 79.4 Å². The Labute approximate surface area is 412 Å². The van der Waals surface area contributed by atoms with Crippen LogP contribution in [0.15, 0.2) is 154 Å². The van der Waals surface area contributed by atoms with E-state index >= 15 is 0 Å². The zero-order chi connectivity index (χ0) is 48.6. The highest BCUT2D eigenvalue weighted by Crippen LogP contribution is 2.59. The van der Waals surface area contributed by atoms with Gasteiger partial charge in [-0.3, -0.25) is 18.9 Å². The van der Waals surface area contributed by atoms with Gasteiger partial charge in [0, 0.05) is 65.5 Å². The van der Waals surface area contributed by atoms with E-state index in [9.17, 15) is 23.3 Å². The van der Waals surface area contributed by atoms with Gasteiger partial charge in [-0.05, 0) is 133 Å². The van der Waals surface area contributed by atoms with Crippen LogP contribution in [0.4, 0.5) is 17.1 Å². The van der Waals surface area contributed by atoms with E-state index in [-0.39, 0.29) is 51.1 Å². The van der Waals surface area contributed by atoms with Crippen molar-refractivity contribution in [2.24, 2.45) is 22.4 Å². The van der Waals surface area contributed by atoms with Crippen LogP contribution in [0.2, 0.25) is 0 Å². The summed E-state index contributed by atoms with van der Waals surface area (Å²) in [5.74, 6) is 1.34. The van der Waals surface area contributed by atoms with E-state index in [0.29, 0.717) is 54.8 Å². The maximum Gasteiger partial charge on any atom is 0.272 e. The van der Waals surface area contributed by atoms with Gasteiger partial charge in [0.2, 0.25) is 5.91 Å². The van der Waals surface area contributed by atoms with Gasteiger partial charge in [0.25, 0.3) is 5.91 Å². The first-order valence-electron chi connectivity index (χ1n) is 24.0. The van der Waals surface area contributed by atoms with Crippen molar-refractivity contribution in [3.8, 4) is 17.2 Å². The molecule has 6 aromatic rings. The van der Waals surface area contributed by atoms with E-state index in [1.807, 2.05) is 73.8 Å². The van der Waals surface area contributed by atoms with E-state index in [1.54, 1.807) is 24.3 Å². The Morgan fingerprint density at radius 2 is 1.74 bits per heavy atom. The molecule has 15 heteroatoms. The Hall–Kier alpha value is -6.74. The summed E-state index contributed by atoms with van der Waals surface area (Å²) in [7, 11) is -5.16. The minimum Gasteiger partial charge on any atom is -0.489 e. The number of piperidine rings is 1. The molecule has 2 aliphatic heterocycles. The second kappa shape index (κ2) is 18.9. The molecular weight excluding hydrogens is 924 g/mol. The Balaban J connectivity index is 0.855. The zero-order valence-electron chi connectivity index (χ0n) is 39.2. The number of aromatic amines is 1. The lowest BCUT2D eigenvalue weighted by molar-refractivity contribution is -0.174. The maximum absolute atomic E-state index is 14.5. The Kier molecular flexibility index (Phi) is 12.7. The lowest BCUT2D eigenvalue weighted by Crippen LogP contribution is -2.63. The first-order chi connectivity index (χ1) is 33.7. The largest absolute Gasteiger partial charge is 0.489 e. The number of hydrogen-bond acceptors (Lipinski definition) is 9. The van der Waals surface area contributed by atoms with Crippen molar-refractivity contribution in [1.29, 1.82) is 0 Å². The van der Waals surface area contributed by atoms with Crippen LogP contribution in [0.25, 0.3) is 10.9 Å². The number of likely N-dealkylation sites (tertiary alicyclic amines) is 1. The fourth-order valence-corrected chi connectivity index (χ4v) is 12.3. The highest BCUT2D eigenvalue weighted by Gasteiger charge is 2.61. The number of β-lactam (4-membered cyclic amide) rings is 1. The van der Waals surface area contributed by atoms with Crippen molar-refractivity contribution in [3.05, 3.63) is 166 Å². The number of carbonyl (C=O) groups is 2. The third kappa shape index (κ3) is 9.47. The second-order valence-corrected chi connectivity index (χ2v) is 23.1. The summed E-state index contributed by atoms with van der Waals surface area (Å²) in [6.45, 7) is 4.58. The molecule has 4 N–H and O–H groups in total. The average molecular weight is 982 g/mol. The SMILES string of the molecule is CC1CC=C(Nc2ccc(S(C)(=O)(O)NC(=O)c3ccc(N4CCC(CN5C(=O)C6(CCCC6)C5c5cccc(OCc6ccccc6)c5)CC4)cc3Oc3ccc4[nH]ccc4c3)cc2N=O)C=C1Cl.